The summed E-state index contributed by atoms with van der Waals surface area (Å²) in [4.78, 5) is 6.39. The van der Waals surface area contributed by atoms with E-state index in [0.29, 0.717) is 0 Å². The quantitative estimate of drug-likeness (QED) is 0.532. The number of hydrogen-bond donors (Lipinski definition) is 0. The third kappa shape index (κ3) is 2.51. The van der Waals surface area contributed by atoms with Crippen LogP contribution in [0.15, 0.2) is 4.99 Å². The molecule has 1 aliphatic rings. The molecule has 0 saturated carbocycles. The number of aliphatic imine (C=N–C) groups is 1. The molecule has 0 unspecified atom stereocenters. The summed E-state index contributed by atoms with van der Waals surface area (Å²) in [6, 6.07) is 0. The molecule has 0 aromatic carbocycles. The van der Waals surface area contributed by atoms with E-state index in [1.807, 2.05) is 6.34 Å². The van der Waals surface area contributed by atoms with Crippen molar-refractivity contribution in [1.29, 1.82) is 0 Å². The first-order valence-corrected chi connectivity index (χ1v) is 4.76. The van der Waals surface area contributed by atoms with E-state index in [0.717, 1.165) is 13.1 Å². The molecule has 3 heteroatoms. The van der Waals surface area contributed by atoms with Crippen molar-refractivity contribution in [2.75, 3.05) is 24.1 Å². The van der Waals surface area contributed by atoms with Crippen LogP contribution in [-0.4, -0.2) is 35.3 Å². The molecule has 0 fully saturated rings. The molecular weight excluding hydrogens is 227 g/mol. The first-order valence-electron chi connectivity index (χ1n) is 3.23. The van der Waals surface area contributed by atoms with Gasteiger partial charge in [0.25, 0.3) is 0 Å². The van der Waals surface area contributed by atoms with Gasteiger partial charge in [-0.25, -0.2) is 0 Å². The second-order valence-corrected chi connectivity index (χ2v) is 3.18. The van der Waals surface area contributed by atoms with Gasteiger partial charge in [0.15, 0.2) is 0 Å². The summed E-state index contributed by atoms with van der Waals surface area (Å²) in [6.07, 6.45) is 3.25. The Kier molecular flexibility index (Phi) is 3.32. The molecule has 0 atom stereocenters. The third-order valence-electron chi connectivity index (χ3n) is 1.34. The van der Waals surface area contributed by atoms with Crippen LogP contribution in [0.4, 0.5) is 0 Å². The minimum Gasteiger partial charge on any atom is -0.361 e. The van der Waals surface area contributed by atoms with Gasteiger partial charge in [-0.1, -0.05) is 22.6 Å². The van der Waals surface area contributed by atoms with Crippen LogP contribution in [0.5, 0.6) is 0 Å². The van der Waals surface area contributed by atoms with Crippen molar-refractivity contribution < 1.29 is 0 Å². The maximum Gasteiger partial charge on any atom is 0.0851 e. The van der Waals surface area contributed by atoms with Gasteiger partial charge in [-0.3, -0.25) is 4.99 Å². The van der Waals surface area contributed by atoms with Gasteiger partial charge < -0.3 is 4.90 Å². The SMILES string of the molecule is ICCCN1C=NCC1. The zero-order chi connectivity index (χ0) is 6.53. The van der Waals surface area contributed by atoms with E-state index < -0.39 is 0 Å². The molecule has 0 spiro atoms. The highest BCUT2D eigenvalue weighted by atomic mass is 127. The highest BCUT2D eigenvalue weighted by Gasteiger charge is 2.02. The molecule has 0 saturated heterocycles. The number of alkyl halides is 1. The summed E-state index contributed by atoms with van der Waals surface area (Å²) in [5.41, 5.74) is 0. The van der Waals surface area contributed by atoms with E-state index in [1.165, 1.54) is 17.4 Å². The number of hydrogen-bond acceptors (Lipinski definition) is 2. The van der Waals surface area contributed by atoms with Crippen molar-refractivity contribution in [2.45, 2.75) is 6.42 Å². The first-order chi connectivity index (χ1) is 4.43. The molecule has 0 amide bonds. The van der Waals surface area contributed by atoms with E-state index in [2.05, 4.69) is 32.5 Å². The van der Waals surface area contributed by atoms with Gasteiger partial charge in [-0.15, -0.1) is 0 Å². The lowest BCUT2D eigenvalue weighted by Gasteiger charge is -2.11. The lowest BCUT2D eigenvalue weighted by molar-refractivity contribution is 0.469. The highest BCUT2D eigenvalue weighted by Crippen LogP contribution is 1.96. The molecule has 0 aliphatic carbocycles. The van der Waals surface area contributed by atoms with E-state index in [1.54, 1.807) is 0 Å². The Balaban J connectivity index is 2.05. The highest BCUT2D eigenvalue weighted by molar-refractivity contribution is 14.1. The zero-order valence-corrected chi connectivity index (χ0v) is 7.54. The summed E-state index contributed by atoms with van der Waals surface area (Å²) in [5, 5.41) is 0. The average molecular weight is 238 g/mol. The molecule has 2 nitrogen and oxygen atoms in total. The summed E-state index contributed by atoms with van der Waals surface area (Å²) in [7, 11) is 0. The molecule has 0 aromatic heterocycles. The number of rotatable bonds is 3. The fourth-order valence-corrected chi connectivity index (χ4v) is 1.19. The van der Waals surface area contributed by atoms with Gasteiger partial charge in [-0.2, -0.15) is 0 Å². The van der Waals surface area contributed by atoms with E-state index in [9.17, 15) is 0 Å². The Labute approximate surface area is 69.5 Å². The van der Waals surface area contributed by atoms with Gasteiger partial charge in [-0.05, 0) is 6.42 Å². The molecule has 0 bridgehead atoms. The molecule has 1 heterocycles. The van der Waals surface area contributed by atoms with Crippen LogP contribution < -0.4 is 0 Å². The molecule has 0 radical (unpaired) electrons. The Morgan fingerprint density at radius 1 is 1.67 bits per heavy atom. The van der Waals surface area contributed by atoms with Crippen LogP contribution in [0, 0.1) is 0 Å². The van der Waals surface area contributed by atoms with Crippen molar-refractivity contribution in [2.24, 2.45) is 4.99 Å². The third-order valence-corrected chi connectivity index (χ3v) is 2.10. The fraction of sp³-hybridized carbons (Fsp3) is 0.833. The van der Waals surface area contributed by atoms with Crippen molar-refractivity contribution >= 4 is 28.9 Å². The molecule has 0 aromatic rings. The molecule has 9 heavy (non-hydrogen) atoms. The smallest absolute Gasteiger partial charge is 0.0851 e. The monoisotopic (exact) mass is 238 g/mol. The summed E-state index contributed by atoms with van der Waals surface area (Å²) >= 11 is 2.40. The van der Waals surface area contributed by atoms with E-state index >= 15 is 0 Å². The van der Waals surface area contributed by atoms with Gasteiger partial charge in [0.05, 0.1) is 12.9 Å². The largest absolute Gasteiger partial charge is 0.361 e. The maximum atomic E-state index is 4.12. The van der Waals surface area contributed by atoms with Crippen LogP contribution >= 0.6 is 22.6 Å². The van der Waals surface area contributed by atoms with Crippen LogP contribution in [-0.2, 0) is 0 Å². The molecule has 0 N–H and O–H groups in total. The Morgan fingerprint density at radius 2 is 2.56 bits per heavy atom. The van der Waals surface area contributed by atoms with Crippen LogP contribution in [0.25, 0.3) is 0 Å². The van der Waals surface area contributed by atoms with Crippen molar-refractivity contribution in [3.8, 4) is 0 Å². The summed E-state index contributed by atoms with van der Waals surface area (Å²) < 4.78 is 1.25. The lowest BCUT2D eigenvalue weighted by Crippen LogP contribution is -2.20. The minimum atomic E-state index is 1.00. The van der Waals surface area contributed by atoms with E-state index in [-0.39, 0.29) is 0 Å². The van der Waals surface area contributed by atoms with Crippen molar-refractivity contribution in [3.63, 3.8) is 0 Å². The predicted molar refractivity (Wildman–Crippen MR) is 48.4 cm³/mol. The van der Waals surface area contributed by atoms with Gasteiger partial charge >= 0.3 is 0 Å². The maximum absolute atomic E-state index is 4.12. The number of nitrogens with zero attached hydrogens (tertiary/aromatic N) is 2. The summed E-state index contributed by atoms with van der Waals surface area (Å²) in [6.45, 7) is 3.32. The second kappa shape index (κ2) is 4.09. The van der Waals surface area contributed by atoms with Gasteiger partial charge in [0.1, 0.15) is 0 Å². The average Bonchev–Trinajstić information content (AvgIpc) is 2.34. The number of halogens is 1. The van der Waals surface area contributed by atoms with Crippen LogP contribution in [0.2, 0.25) is 0 Å². The lowest BCUT2D eigenvalue weighted by atomic mass is 10.4. The molecule has 52 valence electrons. The molecule has 1 rings (SSSR count). The second-order valence-electron chi connectivity index (χ2n) is 2.10. The van der Waals surface area contributed by atoms with Gasteiger partial charge in [0.2, 0.25) is 0 Å². The Hall–Kier alpha value is 0.200. The van der Waals surface area contributed by atoms with Crippen molar-refractivity contribution in [1.82, 2.24) is 4.90 Å². The normalized spacial score (nSPS) is 17.2. The Morgan fingerprint density at radius 3 is 3.11 bits per heavy atom. The first kappa shape index (κ1) is 7.31. The van der Waals surface area contributed by atoms with Gasteiger partial charge in [0, 0.05) is 17.5 Å². The molecular formula is C6H11IN2. The molecule has 1 aliphatic heterocycles. The fourth-order valence-electron chi connectivity index (χ4n) is 0.850. The minimum absolute atomic E-state index is 1.00. The van der Waals surface area contributed by atoms with Crippen LogP contribution in [0.1, 0.15) is 6.42 Å². The summed E-state index contributed by atoms with van der Waals surface area (Å²) in [5.74, 6) is 0. The van der Waals surface area contributed by atoms with Crippen LogP contribution in [0.3, 0.4) is 0 Å². The zero-order valence-electron chi connectivity index (χ0n) is 5.39. The predicted octanol–water partition coefficient (Wildman–Crippen LogP) is 1.16. The Bertz CT molecular complexity index is 103. The topological polar surface area (TPSA) is 15.6 Å². The standard InChI is InChI=1S/C6H11IN2/c7-2-1-4-9-5-3-8-6-9/h6H,1-5H2. The van der Waals surface area contributed by atoms with Crippen molar-refractivity contribution in [3.05, 3.63) is 0 Å². The van der Waals surface area contributed by atoms with E-state index in [4.69, 9.17) is 0 Å².